The van der Waals surface area contributed by atoms with Crippen molar-refractivity contribution in [3.05, 3.63) is 153 Å². The molecule has 0 saturated carbocycles. The molecule has 6 rings (SSSR count). The van der Waals surface area contributed by atoms with Gasteiger partial charge in [-0.1, -0.05) is 0 Å². The van der Waals surface area contributed by atoms with Crippen molar-refractivity contribution in [1.29, 1.82) is 0 Å². The number of benzene rings is 3. The van der Waals surface area contributed by atoms with Crippen molar-refractivity contribution >= 4 is 12.1 Å². The van der Waals surface area contributed by atoms with Gasteiger partial charge in [-0.15, -0.1) is 0 Å². The van der Waals surface area contributed by atoms with Crippen LogP contribution in [0.5, 0.6) is 0 Å². The molecule has 1 atom stereocenters. The average molecular weight is 628 g/mol. The first-order valence-corrected chi connectivity index (χ1v) is 16.0. The Morgan fingerprint density at radius 3 is 2.08 bits per heavy atom. The zero-order valence-corrected chi connectivity index (χ0v) is 26.7. The summed E-state index contributed by atoms with van der Waals surface area (Å²) in [6.07, 6.45) is 15.1. The van der Waals surface area contributed by atoms with Crippen molar-refractivity contribution in [3.8, 4) is 0 Å². The molecule has 3 aliphatic carbocycles. The van der Waals surface area contributed by atoms with Crippen LogP contribution in [0.25, 0.3) is 8.85 Å². The quantitative estimate of drug-likeness (QED) is 0.384. The number of rotatable bonds is 6. The van der Waals surface area contributed by atoms with Crippen LogP contribution >= 0.6 is 0 Å². The summed E-state index contributed by atoms with van der Waals surface area (Å²) < 4.78 is 3.21. The molecular formula is C36H33Cl2Zr. The molecule has 3 aliphatic rings. The molecule has 0 aromatic heterocycles. The Kier molecular flexibility index (Phi) is 9.49. The van der Waals surface area contributed by atoms with E-state index in [1.165, 1.54) is 38.3 Å². The molecule has 195 valence electrons. The largest absolute Gasteiger partial charge is 1.00 e. The van der Waals surface area contributed by atoms with E-state index in [1.807, 2.05) is 0 Å². The van der Waals surface area contributed by atoms with Gasteiger partial charge in [0.15, 0.2) is 0 Å². The Morgan fingerprint density at radius 2 is 1.51 bits per heavy atom. The van der Waals surface area contributed by atoms with Crippen molar-refractivity contribution in [2.45, 2.75) is 40.0 Å². The van der Waals surface area contributed by atoms with Crippen LogP contribution in [0.2, 0.25) is 0 Å². The zero-order valence-electron chi connectivity index (χ0n) is 22.8. The van der Waals surface area contributed by atoms with Gasteiger partial charge in [0, 0.05) is 0 Å². The molecule has 0 N–H and O–H groups in total. The minimum atomic E-state index is -1.22. The van der Waals surface area contributed by atoms with E-state index in [0.29, 0.717) is 0 Å². The van der Waals surface area contributed by atoms with Crippen molar-refractivity contribution in [3.63, 3.8) is 0 Å². The van der Waals surface area contributed by atoms with Crippen LogP contribution in [0.15, 0.2) is 126 Å². The Bertz CT molecular complexity index is 1610. The third-order valence-corrected chi connectivity index (χ3v) is 12.1. The van der Waals surface area contributed by atoms with E-state index in [4.69, 9.17) is 0 Å². The van der Waals surface area contributed by atoms with Gasteiger partial charge in [0.05, 0.1) is 0 Å². The fourth-order valence-corrected chi connectivity index (χ4v) is 9.88. The molecule has 0 spiro atoms. The van der Waals surface area contributed by atoms with E-state index in [9.17, 15) is 0 Å². The van der Waals surface area contributed by atoms with Crippen LogP contribution in [-0.4, -0.2) is 3.21 Å². The third kappa shape index (κ3) is 5.39. The van der Waals surface area contributed by atoms with Crippen molar-refractivity contribution in [2.75, 3.05) is 0 Å². The number of halogens is 2. The summed E-state index contributed by atoms with van der Waals surface area (Å²) in [5.74, 6) is 0. The molecular weight excluding hydrogens is 595 g/mol. The second kappa shape index (κ2) is 12.5. The molecule has 39 heavy (non-hydrogen) atoms. The first kappa shape index (κ1) is 29.7. The van der Waals surface area contributed by atoms with Gasteiger partial charge >= 0.3 is 233 Å². The molecule has 0 aliphatic heterocycles. The SMILES string of the molecule is CCc1ccc2c(c1)=[C]([Zr+2]=[C](c1ccccc1)c1ccccc1)C1=C(C3=CC=CC3)C(C)(CC)C=CC=21.[Cl-].[Cl-]. The number of hydrogen-bond donors (Lipinski definition) is 0. The zero-order chi connectivity index (χ0) is 25.4. The van der Waals surface area contributed by atoms with Crippen molar-refractivity contribution < 1.29 is 47.6 Å². The van der Waals surface area contributed by atoms with Gasteiger partial charge in [-0.2, -0.15) is 0 Å². The molecule has 0 fully saturated rings. The summed E-state index contributed by atoms with van der Waals surface area (Å²) >= 11 is -1.22. The molecule has 3 aromatic rings. The number of fused-ring (bicyclic) bond motifs is 2. The monoisotopic (exact) mass is 625 g/mol. The van der Waals surface area contributed by atoms with Crippen LogP contribution < -0.4 is 35.3 Å². The topological polar surface area (TPSA) is 0 Å². The minimum Gasteiger partial charge on any atom is -1.00 e. The maximum Gasteiger partial charge on any atom is -1.00 e. The minimum absolute atomic E-state index is 0. The predicted octanol–water partition coefficient (Wildman–Crippen LogP) is 1.05. The van der Waals surface area contributed by atoms with Crippen LogP contribution in [0.4, 0.5) is 0 Å². The molecule has 3 aromatic carbocycles. The predicted molar refractivity (Wildman–Crippen MR) is 154 cm³/mol. The van der Waals surface area contributed by atoms with E-state index >= 15 is 0 Å². The van der Waals surface area contributed by atoms with Gasteiger partial charge in [0.1, 0.15) is 0 Å². The molecule has 0 radical (unpaired) electrons. The van der Waals surface area contributed by atoms with E-state index in [0.717, 1.165) is 19.3 Å². The fourth-order valence-electron chi connectivity index (χ4n) is 5.96. The van der Waals surface area contributed by atoms with Gasteiger partial charge < -0.3 is 24.8 Å². The molecule has 0 amide bonds. The van der Waals surface area contributed by atoms with E-state index in [-0.39, 0.29) is 30.2 Å². The molecule has 0 heterocycles. The second-order valence-corrected chi connectivity index (χ2v) is 13.5. The van der Waals surface area contributed by atoms with Gasteiger partial charge in [-0.25, -0.2) is 0 Å². The second-order valence-electron chi connectivity index (χ2n) is 10.4. The summed E-state index contributed by atoms with van der Waals surface area (Å²) in [6, 6.07) is 29.5. The first-order chi connectivity index (χ1) is 18.1. The summed E-state index contributed by atoms with van der Waals surface area (Å²) in [5.41, 5.74) is 10.3. The van der Waals surface area contributed by atoms with Crippen LogP contribution in [0, 0.1) is 5.41 Å². The maximum absolute atomic E-state index is 2.51. The number of aryl methyl sites for hydroxylation is 1. The summed E-state index contributed by atoms with van der Waals surface area (Å²) in [4.78, 5) is 0. The fraction of sp³-hybridized carbons (Fsp3) is 0.194. The van der Waals surface area contributed by atoms with Crippen LogP contribution in [0.1, 0.15) is 50.3 Å². The van der Waals surface area contributed by atoms with Crippen molar-refractivity contribution in [1.82, 2.24) is 0 Å². The van der Waals surface area contributed by atoms with E-state index in [2.05, 4.69) is 130 Å². The normalized spacial score (nSPS) is 18.6. The van der Waals surface area contributed by atoms with E-state index in [1.54, 1.807) is 17.6 Å². The summed E-state index contributed by atoms with van der Waals surface area (Å²) in [5, 5.41) is 2.93. The Balaban J connectivity index is 0.00000176. The average Bonchev–Trinajstić information content (AvgIpc) is 3.59. The molecule has 3 heteroatoms. The standard InChI is InChI=1S/C23H23.C13H10.2ClH.Zr/c1-4-16-10-11-19-18(14-16)15-21-20(19)12-13-23(3,5-2)22(21)17-8-6-7-9-17;1-3-7-12(8-4-1)11-13-9-5-2-6-10-13;;;/h6-8,10-14H,4-5,9H2,1-3H3;1-10H;2*1H;/q;;;;+2/p-2. The molecule has 1 unspecified atom stereocenters. The molecule has 0 saturated heterocycles. The van der Waals surface area contributed by atoms with E-state index < -0.39 is 22.8 Å². The van der Waals surface area contributed by atoms with Crippen molar-refractivity contribution in [2.24, 2.45) is 5.41 Å². The Hall–Kier alpha value is -2.31. The molecule has 0 nitrogen and oxygen atoms in total. The summed E-state index contributed by atoms with van der Waals surface area (Å²) in [7, 11) is 0. The number of allylic oxidation sites excluding steroid dienone is 8. The maximum atomic E-state index is 2.51. The molecule has 0 bridgehead atoms. The Morgan fingerprint density at radius 1 is 0.846 bits per heavy atom. The van der Waals surface area contributed by atoms with Crippen LogP contribution in [0.3, 0.4) is 0 Å². The summed E-state index contributed by atoms with van der Waals surface area (Å²) in [6.45, 7) is 7.07. The van der Waals surface area contributed by atoms with Gasteiger partial charge in [0.25, 0.3) is 0 Å². The van der Waals surface area contributed by atoms with Gasteiger partial charge in [0.2, 0.25) is 0 Å². The smallest absolute Gasteiger partial charge is 1.00 e. The van der Waals surface area contributed by atoms with Crippen LogP contribution in [-0.2, 0) is 29.2 Å². The first-order valence-electron chi connectivity index (χ1n) is 13.6. The Labute approximate surface area is 256 Å². The van der Waals surface area contributed by atoms with Gasteiger partial charge in [-0.3, -0.25) is 0 Å². The number of hydrogen-bond acceptors (Lipinski definition) is 0. The third-order valence-electron chi connectivity index (χ3n) is 8.21. The van der Waals surface area contributed by atoms with Gasteiger partial charge in [-0.05, 0) is 0 Å².